The van der Waals surface area contributed by atoms with Crippen LogP contribution in [0.3, 0.4) is 0 Å². The first kappa shape index (κ1) is 14.3. The van der Waals surface area contributed by atoms with Gasteiger partial charge in [-0.1, -0.05) is 6.07 Å². The Labute approximate surface area is 129 Å². The molecule has 5 heteroatoms. The second kappa shape index (κ2) is 6.89. The van der Waals surface area contributed by atoms with Crippen LogP contribution >= 0.6 is 11.3 Å². The van der Waals surface area contributed by atoms with E-state index in [0.29, 0.717) is 18.4 Å². The Morgan fingerprint density at radius 2 is 2.38 bits per heavy atom. The number of hydrogen-bond acceptors (Lipinski definition) is 3. The molecular weight excluding hydrogens is 282 g/mol. The average Bonchev–Trinajstić information content (AvgIpc) is 3.20. The minimum absolute atomic E-state index is 0.307. The van der Waals surface area contributed by atoms with Crippen LogP contribution in [0.2, 0.25) is 0 Å². The van der Waals surface area contributed by atoms with E-state index in [4.69, 9.17) is 0 Å². The van der Waals surface area contributed by atoms with E-state index < -0.39 is 0 Å². The Morgan fingerprint density at radius 1 is 1.43 bits per heavy atom. The molecule has 3 heterocycles. The monoisotopic (exact) mass is 303 g/mol. The van der Waals surface area contributed by atoms with Gasteiger partial charge in [0.25, 0.3) is 0 Å². The van der Waals surface area contributed by atoms with E-state index in [-0.39, 0.29) is 0 Å². The van der Waals surface area contributed by atoms with Crippen LogP contribution in [0.1, 0.15) is 30.6 Å². The number of thiophene rings is 1. The van der Waals surface area contributed by atoms with E-state index in [2.05, 4.69) is 27.5 Å². The third-order valence-electron chi connectivity index (χ3n) is 4.05. The number of aromatic nitrogens is 2. The lowest BCUT2D eigenvalue weighted by Gasteiger charge is -2.24. The zero-order chi connectivity index (χ0) is 14.5. The summed E-state index contributed by atoms with van der Waals surface area (Å²) >= 11 is 1.77. The van der Waals surface area contributed by atoms with E-state index in [0.717, 1.165) is 38.8 Å². The van der Waals surface area contributed by atoms with Crippen molar-refractivity contribution in [3.63, 3.8) is 0 Å². The largest absolute Gasteiger partial charge is 0.338 e. The van der Waals surface area contributed by atoms with E-state index in [9.17, 15) is 4.79 Å². The minimum atomic E-state index is 0.307. The highest BCUT2D eigenvalue weighted by molar-refractivity contribution is 7.09. The van der Waals surface area contributed by atoms with Crippen molar-refractivity contribution in [3.8, 4) is 0 Å². The molecule has 0 radical (unpaired) electrons. The summed E-state index contributed by atoms with van der Waals surface area (Å²) in [4.78, 5) is 15.9. The van der Waals surface area contributed by atoms with Crippen molar-refractivity contribution in [1.82, 2.24) is 14.7 Å². The number of amides is 1. The first-order chi connectivity index (χ1) is 10.3. The molecule has 4 nitrogen and oxygen atoms in total. The molecule has 0 bridgehead atoms. The highest BCUT2D eigenvalue weighted by atomic mass is 32.1. The van der Waals surface area contributed by atoms with Gasteiger partial charge in [-0.3, -0.25) is 9.48 Å². The van der Waals surface area contributed by atoms with Crippen molar-refractivity contribution < 1.29 is 4.79 Å². The number of rotatable bonds is 6. The van der Waals surface area contributed by atoms with Gasteiger partial charge >= 0.3 is 0 Å². The Balaban J connectivity index is 1.48. The minimum Gasteiger partial charge on any atom is -0.338 e. The third kappa shape index (κ3) is 3.73. The fraction of sp³-hybridized carbons (Fsp3) is 0.500. The Morgan fingerprint density at radius 3 is 3.14 bits per heavy atom. The maximum absolute atomic E-state index is 12.4. The van der Waals surface area contributed by atoms with Crippen LogP contribution in [0.15, 0.2) is 36.0 Å². The Bertz CT molecular complexity index is 550. The molecule has 2 aromatic heterocycles. The molecule has 0 saturated carbocycles. The summed E-state index contributed by atoms with van der Waals surface area (Å²) in [5, 5.41) is 6.34. The molecule has 0 spiro atoms. The molecule has 112 valence electrons. The number of carbonyl (C=O) groups is 1. The van der Waals surface area contributed by atoms with Gasteiger partial charge in [-0.05, 0) is 43.2 Å². The summed E-state index contributed by atoms with van der Waals surface area (Å²) in [5.41, 5.74) is 0. The summed E-state index contributed by atoms with van der Waals surface area (Å²) in [6.07, 6.45) is 8.60. The normalized spacial score (nSPS) is 18.3. The molecule has 21 heavy (non-hydrogen) atoms. The first-order valence-corrected chi connectivity index (χ1v) is 8.50. The zero-order valence-corrected chi connectivity index (χ0v) is 13.0. The number of carbonyl (C=O) groups excluding carboxylic acids is 1. The van der Waals surface area contributed by atoms with E-state index in [1.54, 1.807) is 17.5 Å². The van der Waals surface area contributed by atoms with Gasteiger partial charge in [0.05, 0.1) is 12.6 Å². The molecule has 0 aliphatic carbocycles. The summed E-state index contributed by atoms with van der Waals surface area (Å²) in [6, 6.07) is 6.47. The first-order valence-electron chi connectivity index (χ1n) is 7.62. The van der Waals surface area contributed by atoms with E-state index >= 15 is 0 Å². The summed E-state index contributed by atoms with van der Waals surface area (Å²) in [5.74, 6) is 0.307. The molecule has 0 N–H and O–H groups in total. The Hall–Kier alpha value is -1.62. The second-order valence-electron chi connectivity index (χ2n) is 5.54. The lowest BCUT2D eigenvalue weighted by molar-refractivity contribution is -0.132. The SMILES string of the molecule is O=C(CCCc1cccs1)N1CCC[C@H]1Cn1cccn1. The van der Waals surface area contributed by atoms with E-state index in [1.165, 1.54) is 4.88 Å². The van der Waals surface area contributed by atoms with Crippen LogP contribution in [0, 0.1) is 0 Å². The molecule has 1 saturated heterocycles. The summed E-state index contributed by atoms with van der Waals surface area (Å²) in [6.45, 7) is 1.73. The summed E-state index contributed by atoms with van der Waals surface area (Å²) < 4.78 is 1.93. The van der Waals surface area contributed by atoms with Crippen molar-refractivity contribution in [2.75, 3.05) is 6.54 Å². The van der Waals surface area contributed by atoms with Crippen molar-refractivity contribution in [2.24, 2.45) is 0 Å². The molecular formula is C16H21N3OS. The number of likely N-dealkylation sites (tertiary alicyclic amines) is 1. The number of aryl methyl sites for hydroxylation is 1. The Kier molecular flexibility index (Phi) is 4.70. The third-order valence-corrected chi connectivity index (χ3v) is 4.98. The van der Waals surface area contributed by atoms with Crippen LogP contribution in [-0.2, 0) is 17.8 Å². The molecule has 1 atom stereocenters. The highest BCUT2D eigenvalue weighted by Gasteiger charge is 2.28. The molecule has 1 amide bonds. The van der Waals surface area contributed by atoms with Crippen molar-refractivity contribution in [3.05, 3.63) is 40.8 Å². The fourth-order valence-electron chi connectivity index (χ4n) is 2.99. The predicted molar refractivity (Wildman–Crippen MR) is 84.2 cm³/mol. The standard InChI is InChI=1S/C16H21N3OS/c20-16(8-1-6-15-7-3-12-21-15)19-11-2-5-14(19)13-18-10-4-9-17-18/h3-4,7,9-10,12,14H,1-2,5-6,8,11,13H2/t14-/m0/s1. The summed E-state index contributed by atoms with van der Waals surface area (Å²) in [7, 11) is 0. The lowest BCUT2D eigenvalue weighted by atomic mass is 10.1. The van der Waals surface area contributed by atoms with Gasteiger partial charge in [0.2, 0.25) is 5.91 Å². The van der Waals surface area contributed by atoms with Gasteiger partial charge in [0.1, 0.15) is 0 Å². The molecule has 0 aromatic carbocycles. The quantitative estimate of drug-likeness (QED) is 0.823. The van der Waals surface area contributed by atoms with Crippen LogP contribution in [0.4, 0.5) is 0 Å². The molecule has 1 fully saturated rings. The second-order valence-corrected chi connectivity index (χ2v) is 6.58. The van der Waals surface area contributed by atoms with Gasteiger partial charge in [-0.15, -0.1) is 11.3 Å². The van der Waals surface area contributed by atoms with Gasteiger partial charge in [-0.25, -0.2) is 0 Å². The molecule has 2 aromatic rings. The number of hydrogen-bond donors (Lipinski definition) is 0. The zero-order valence-electron chi connectivity index (χ0n) is 12.1. The highest BCUT2D eigenvalue weighted by Crippen LogP contribution is 2.21. The average molecular weight is 303 g/mol. The van der Waals surface area contributed by atoms with Gasteiger partial charge in [-0.2, -0.15) is 5.10 Å². The van der Waals surface area contributed by atoms with Crippen LogP contribution in [0.25, 0.3) is 0 Å². The maximum atomic E-state index is 12.4. The fourth-order valence-corrected chi connectivity index (χ4v) is 3.74. The molecule has 1 aliphatic rings. The molecule has 3 rings (SSSR count). The molecule has 1 aliphatic heterocycles. The number of nitrogens with zero attached hydrogens (tertiary/aromatic N) is 3. The van der Waals surface area contributed by atoms with Gasteiger partial charge < -0.3 is 4.90 Å². The van der Waals surface area contributed by atoms with Crippen molar-refractivity contribution in [1.29, 1.82) is 0 Å². The molecule has 0 unspecified atom stereocenters. The van der Waals surface area contributed by atoms with E-state index in [1.807, 2.05) is 16.9 Å². The smallest absolute Gasteiger partial charge is 0.222 e. The van der Waals surface area contributed by atoms with Crippen molar-refractivity contribution in [2.45, 2.75) is 44.7 Å². The van der Waals surface area contributed by atoms with Crippen LogP contribution in [0.5, 0.6) is 0 Å². The van der Waals surface area contributed by atoms with Crippen molar-refractivity contribution >= 4 is 17.2 Å². The maximum Gasteiger partial charge on any atom is 0.222 e. The topological polar surface area (TPSA) is 38.1 Å². The predicted octanol–water partition coefficient (Wildman–Crippen LogP) is 2.96. The van der Waals surface area contributed by atoms with Crippen LogP contribution < -0.4 is 0 Å². The van der Waals surface area contributed by atoms with Crippen LogP contribution in [-0.4, -0.2) is 33.2 Å². The van der Waals surface area contributed by atoms with Gasteiger partial charge in [0, 0.05) is 30.2 Å². The van der Waals surface area contributed by atoms with Gasteiger partial charge in [0.15, 0.2) is 0 Å². The lowest BCUT2D eigenvalue weighted by Crippen LogP contribution is -2.38.